The second-order valence-corrected chi connectivity index (χ2v) is 7.31. The van der Waals surface area contributed by atoms with E-state index in [4.69, 9.17) is 27.9 Å². The van der Waals surface area contributed by atoms with Crippen LogP contribution in [0.4, 0.5) is 17.6 Å². The summed E-state index contributed by atoms with van der Waals surface area (Å²) in [5.74, 6) is -1.20. The summed E-state index contributed by atoms with van der Waals surface area (Å²) in [5, 5.41) is -0.254. The van der Waals surface area contributed by atoms with Gasteiger partial charge < -0.3 is 4.74 Å². The van der Waals surface area contributed by atoms with Crippen LogP contribution < -0.4 is 4.74 Å². The fourth-order valence-electron chi connectivity index (χ4n) is 1.42. The third kappa shape index (κ3) is 5.25. The molecule has 0 N–H and O–H groups in total. The average Bonchev–Trinajstić information content (AvgIpc) is 2.38. The normalized spacial score (nSPS) is 13.8. The first-order valence-electron chi connectivity index (χ1n) is 6.03. The summed E-state index contributed by atoms with van der Waals surface area (Å²) in [6.45, 7) is 4.82. The summed E-state index contributed by atoms with van der Waals surface area (Å²) in [5.41, 5.74) is -5.46. The van der Waals surface area contributed by atoms with Crippen LogP contribution in [0.2, 0.25) is 5.02 Å². The highest BCUT2D eigenvalue weighted by atomic mass is 35.5. The van der Waals surface area contributed by atoms with Crippen molar-refractivity contribution in [2.45, 2.75) is 17.3 Å². The van der Waals surface area contributed by atoms with E-state index in [9.17, 15) is 26.0 Å². The molecule has 1 aromatic rings. The van der Waals surface area contributed by atoms with Gasteiger partial charge in [0.2, 0.25) is 0 Å². The maximum Gasteiger partial charge on any atom is 0.501 e. The van der Waals surface area contributed by atoms with Crippen LogP contribution in [-0.2, 0) is 9.84 Å². The van der Waals surface area contributed by atoms with Crippen LogP contribution in [0, 0.1) is 0 Å². The Morgan fingerprint density at radius 1 is 1.29 bits per heavy atom. The van der Waals surface area contributed by atoms with Crippen molar-refractivity contribution in [2.75, 3.05) is 0 Å². The smallest absolute Gasteiger partial charge is 0.456 e. The lowest BCUT2D eigenvalue weighted by Crippen LogP contribution is -2.23. The highest BCUT2D eigenvalue weighted by molar-refractivity contribution is 7.92. The first kappa shape index (κ1) is 20.5. The van der Waals surface area contributed by atoms with Crippen molar-refractivity contribution in [1.82, 2.24) is 0 Å². The molecular formula is C14H10Cl2F4O3S. The molecule has 0 atom stereocenters. The van der Waals surface area contributed by atoms with Gasteiger partial charge in [-0.3, -0.25) is 0 Å². The Morgan fingerprint density at radius 2 is 1.88 bits per heavy atom. The van der Waals surface area contributed by atoms with Crippen molar-refractivity contribution in [3.63, 3.8) is 0 Å². The molecular weight excluding hydrogens is 395 g/mol. The predicted octanol–water partition coefficient (Wildman–Crippen LogP) is 5.52. The fourth-order valence-corrected chi connectivity index (χ4v) is 2.60. The van der Waals surface area contributed by atoms with Gasteiger partial charge in [0.25, 0.3) is 9.84 Å². The van der Waals surface area contributed by atoms with E-state index in [1.807, 2.05) is 0 Å². The third-order valence-corrected chi connectivity index (χ3v) is 4.28. The van der Waals surface area contributed by atoms with Crippen LogP contribution in [0.3, 0.4) is 0 Å². The van der Waals surface area contributed by atoms with E-state index >= 15 is 0 Å². The molecule has 0 unspecified atom stereocenters. The van der Waals surface area contributed by atoms with Gasteiger partial charge in [0.05, 0.1) is 9.92 Å². The van der Waals surface area contributed by atoms with Gasteiger partial charge in [0.15, 0.2) is 0 Å². The van der Waals surface area contributed by atoms with E-state index in [1.165, 1.54) is 6.92 Å². The topological polar surface area (TPSA) is 43.4 Å². The van der Waals surface area contributed by atoms with Gasteiger partial charge in [0.1, 0.15) is 17.3 Å². The highest BCUT2D eigenvalue weighted by Crippen LogP contribution is 2.35. The van der Waals surface area contributed by atoms with E-state index in [0.29, 0.717) is 12.1 Å². The zero-order chi connectivity index (χ0) is 18.7. The van der Waals surface area contributed by atoms with Crippen LogP contribution in [-0.4, -0.2) is 13.9 Å². The summed E-state index contributed by atoms with van der Waals surface area (Å²) in [6.07, 6.45) is 1.85. The van der Waals surface area contributed by atoms with Gasteiger partial charge in [-0.15, -0.1) is 0 Å². The Bertz CT molecular complexity index is 808. The van der Waals surface area contributed by atoms with Gasteiger partial charge in [-0.05, 0) is 31.2 Å². The molecule has 0 aromatic heterocycles. The Morgan fingerprint density at radius 3 is 2.33 bits per heavy atom. The van der Waals surface area contributed by atoms with Crippen LogP contribution in [0.5, 0.6) is 5.75 Å². The quantitative estimate of drug-likeness (QED) is 0.368. The Kier molecular flexibility index (Phi) is 6.49. The minimum atomic E-state index is -5.53. The monoisotopic (exact) mass is 404 g/mol. The molecule has 3 nitrogen and oxygen atoms in total. The minimum absolute atomic E-state index is 0.163. The van der Waals surface area contributed by atoms with E-state index in [-0.39, 0.29) is 16.5 Å². The van der Waals surface area contributed by atoms with E-state index in [0.717, 1.165) is 18.2 Å². The van der Waals surface area contributed by atoms with Crippen molar-refractivity contribution in [3.05, 3.63) is 58.6 Å². The Hall–Kier alpha value is -1.51. The molecule has 24 heavy (non-hydrogen) atoms. The molecule has 0 aliphatic rings. The molecule has 0 heterocycles. The highest BCUT2D eigenvalue weighted by Gasteiger charge is 2.47. The largest absolute Gasteiger partial charge is 0.501 e. The van der Waals surface area contributed by atoms with Gasteiger partial charge in [-0.25, -0.2) is 12.8 Å². The average molecular weight is 405 g/mol. The molecule has 0 aliphatic carbocycles. The predicted molar refractivity (Wildman–Crippen MR) is 83.3 cm³/mol. The van der Waals surface area contributed by atoms with Crippen LogP contribution in [0.1, 0.15) is 6.92 Å². The van der Waals surface area contributed by atoms with Gasteiger partial charge in [0, 0.05) is 11.1 Å². The Balaban J connectivity index is 3.06. The fraction of sp³-hybridized carbons (Fsp3) is 0.143. The van der Waals surface area contributed by atoms with Gasteiger partial charge in [-0.1, -0.05) is 29.8 Å². The van der Waals surface area contributed by atoms with E-state index in [1.54, 1.807) is 0 Å². The lowest BCUT2D eigenvalue weighted by molar-refractivity contribution is -0.0436. The van der Waals surface area contributed by atoms with Crippen molar-refractivity contribution >= 4 is 33.0 Å². The molecule has 0 aliphatic heterocycles. The first-order chi connectivity index (χ1) is 10.8. The maximum atomic E-state index is 13.4. The molecule has 0 bridgehead atoms. The van der Waals surface area contributed by atoms with Crippen molar-refractivity contribution in [3.8, 4) is 5.75 Å². The standard InChI is InChI=1S/C14H10Cl2F4O3S/c1-8(15)5-10(17)6-9(2)23-13-4-3-11(7-12(13)16)24(21,22)14(18,19)20/h3-7H,2H2,1H3/b8-5+,10-6+. The Labute approximate surface area is 145 Å². The molecule has 0 amide bonds. The number of halogens is 6. The third-order valence-electron chi connectivity index (χ3n) is 2.40. The number of allylic oxidation sites excluding steroid dienone is 4. The number of hydrogen-bond acceptors (Lipinski definition) is 3. The van der Waals surface area contributed by atoms with E-state index in [2.05, 4.69) is 6.58 Å². The molecule has 0 fully saturated rings. The van der Waals surface area contributed by atoms with Crippen LogP contribution in [0.15, 0.2) is 58.4 Å². The number of alkyl halides is 3. The summed E-state index contributed by atoms with van der Waals surface area (Å²) in [7, 11) is -5.53. The maximum absolute atomic E-state index is 13.4. The minimum Gasteiger partial charge on any atom is -0.456 e. The lowest BCUT2D eigenvalue weighted by Gasteiger charge is -2.11. The molecule has 132 valence electrons. The van der Waals surface area contributed by atoms with Crippen molar-refractivity contribution < 1.29 is 30.7 Å². The second-order valence-electron chi connectivity index (χ2n) is 4.37. The summed E-state index contributed by atoms with van der Waals surface area (Å²) in [6, 6.07) is 2.15. The molecule has 10 heteroatoms. The van der Waals surface area contributed by atoms with Crippen LogP contribution in [0.25, 0.3) is 0 Å². The van der Waals surface area contributed by atoms with Gasteiger partial charge >= 0.3 is 5.51 Å². The lowest BCUT2D eigenvalue weighted by atomic mass is 10.3. The molecule has 0 saturated carbocycles. The summed E-state index contributed by atoms with van der Waals surface area (Å²) in [4.78, 5) is -1.04. The number of hydrogen-bond donors (Lipinski definition) is 0. The van der Waals surface area contributed by atoms with Gasteiger partial charge in [-0.2, -0.15) is 13.2 Å². The van der Waals surface area contributed by atoms with Crippen molar-refractivity contribution in [1.29, 1.82) is 0 Å². The first-order valence-corrected chi connectivity index (χ1v) is 8.27. The molecule has 1 rings (SSSR count). The number of ether oxygens (including phenoxy) is 1. The zero-order valence-electron chi connectivity index (χ0n) is 12.0. The molecule has 0 saturated heterocycles. The molecule has 0 spiro atoms. The number of rotatable bonds is 5. The molecule has 1 aromatic carbocycles. The number of benzene rings is 1. The molecule has 0 radical (unpaired) electrons. The zero-order valence-corrected chi connectivity index (χ0v) is 14.3. The summed E-state index contributed by atoms with van der Waals surface area (Å²) >= 11 is 11.2. The van der Waals surface area contributed by atoms with Crippen molar-refractivity contribution in [2.24, 2.45) is 0 Å². The SMILES string of the molecule is C=C(/C=C(F)\C=C(/C)Cl)Oc1ccc(S(=O)(=O)C(F)(F)F)cc1Cl. The second kappa shape index (κ2) is 7.58. The number of sulfone groups is 1. The van der Waals surface area contributed by atoms with E-state index < -0.39 is 31.1 Å². The van der Waals surface area contributed by atoms with Crippen LogP contribution >= 0.6 is 23.2 Å². The summed E-state index contributed by atoms with van der Waals surface area (Å²) < 4.78 is 78.4.